The molecular weight excluding hydrogens is 308 g/mol. The first-order valence-electron chi connectivity index (χ1n) is 6.92. The first kappa shape index (κ1) is 14.8. The predicted molar refractivity (Wildman–Crippen MR) is 81.8 cm³/mol. The lowest BCUT2D eigenvalue weighted by molar-refractivity contribution is 0.270. The fourth-order valence-corrected chi connectivity index (χ4v) is 4.09. The summed E-state index contributed by atoms with van der Waals surface area (Å²) in [6.07, 6.45) is 4.41. The van der Waals surface area contributed by atoms with Crippen molar-refractivity contribution >= 4 is 21.4 Å². The normalized spacial score (nSPS) is 15.5. The second-order valence-electron chi connectivity index (χ2n) is 5.24. The summed E-state index contributed by atoms with van der Waals surface area (Å²) >= 11 is 1.60. The molecule has 0 aromatic carbocycles. The third-order valence-corrected chi connectivity index (χ3v) is 5.77. The fourth-order valence-electron chi connectivity index (χ4n) is 2.31. The third-order valence-electron chi connectivity index (χ3n) is 3.61. The van der Waals surface area contributed by atoms with Gasteiger partial charge >= 0.3 is 0 Å². The van der Waals surface area contributed by atoms with E-state index in [-0.39, 0.29) is 11.5 Å². The van der Waals surface area contributed by atoms with Crippen LogP contribution in [-0.4, -0.2) is 24.6 Å². The second-order valence-corrected chi connectivity index (χ2v) is 7.79. The summed E-state index contributed by atoms with van der Waals surface area (Å²) in [5, 5.41) is 13.3. The van der Waals surface area contributed by atoms with Crippen molar-refractivity contribution in [3.8, 4) is 0 Å². The molecule has 3 rings (SSSR count). The van der Waals surface area contributed by atoms with Crippen LogP contribution in [0.2, 0.25) is 0 Å². The number of sulfonamides is 1. The average molecular weight is 326 g/mol. The number of nitrogens with one attached hydrogen (secondary N) is 1. The maximum atomic E-state index is 12.3. The summed E-state index contributed by atoms with van der Waals surface area (Å²) in [4.78, 5) is 0.240. The molecule has 2 heterocycles. The Morgan fingerprint density at radius 3 is 2.86 bits per heavy atom. The van der Waals surface area contributed by atoms with E-state index >= 15 is 0 Å². The van der Waals surface area contributed by atoms with Crippen molar-refractivity contribution in [1.29, 1.82) is 0 Å². The van der Waals surface area contributed by atoms with Crippen LogP contribution in [0, 0.1) is 0 Å². The SMILES string of the molecule is O=S(=O)(NCCc1ccsc1)c1cc(CO)n(C2CC2)c1. The minimum Gasteiger partial charge on any atom is -0.390 e. The van der Waals surface area contributed by atoms with Crippen LogP contribution >= 0.6 is 11.3 Å². The molecule has 0 spiro atoms. The summed E-state index contributed by atoms with van der Waals surface area (Å²) in [5.74, 6) is 0. The van der Waals surface area contributed by atoms with Gasteiger partial charge in [-0.2, -0.15) is 11.3 Å². The number of aromatic nitrogens is 1. The minimum atomic E-state index is -3.51. The summed E-state index contributed by atoms with van der Waals surface area (Å²) < 4.78 is 29.1. The first-order valence-corrected chi connectivity index (χ1v) is 9.35. The van der Waals surface area contributed by atoms with Gasteiger partial charge in [0.05, 0.1) is 11.5 Å². The van der Waals surface area contributed by atoms with Gasteiger partial charge in [0.1, 0.15) is 0 Å². The largest absolute Gasteiger partial charge is 0.390 e. The van der Waals surface area contributed by atoms with Gasteiger partial charge in [0.25, 0.3) is 0 Å². The molecule has 5 nitrogen and oxygen atoms in total. The highest BCUT2D eigenvalue weighted by Gasteiger charge is 2.27. The van der Waals surface area contributed by atoms with Gasteiger partial charge < -0.3 is 9.67 Å². The lowest BCUT2D eigenvalue weighted by Crippen LogP contribution is -2.25. The van der Waals surface area contributed by atoms with Crippen molar-refractivity contribution in [2.45, 2.75) is 36.8 Å². The Bertz CT molecular complexity index is 701. The van der Waals surface area contributed by atoms with Crippen LogP contribution < -0.4 is 4.72 Å². The zero-order valence-electron chi connectivity index (χ0n) is 11.5. The van der Waals surface area contributed by atoms with Crippen LogP contribution in [-0.2, 0) is 23.1 Å². The Kier molecular flexibility index (Phi) is 4.17. The van der Waals surface area contributed by atoms with Crippen molar-refractivity contribution in [2.75, 3.05) is 6.54 Å². The molecule has 2 aromatic rings. The summed E-state index contributed by atoms with van der Waals surface area (Å²) in [7, 11) is -3.51. The van der Waals surface area contributed by atoms with E-state index in [1.807, 2.05) is 21.4 Å². The minimum absolute atomic E-state index is 0.138. The second kappa shape index (κ2) is 5.92. The quantitative estimate of drug-likeness (QED) is 0.816. The number of aliphatic hydroxyl groups is 1. The maximum Gasteiger partial charge on any atom is 0.242 e. The summed E-state index contributed by atoms with van der Waals surface area (Å²) in [5.41, 5.74) is 1.80. The van der Waals surface area contributed by atoms with Crippen molar-refractivity contribution in [3.05, 3.63) is 40.3 Å². The van der Waals surface area contributed by atoms with E-state index in [0.717, 1.165) is 18.4 Å². The Hall–Kier alpha value is -1.15. The van der Waals surface area contributed by atoms with Crippen molar-refractivity contribution in [3.63, 3.8) is 0 Å². The smallest absolute Gasteiger partial charge is 0.242 e. The van der Waals surface area contributed by atoms with Gasteiger partial charge in [-0.3, -0.25) is 0 Å². The van der Waals surface area contributed by atoms with Crippen LogP contribution in [0.1, 0.15) is 30.1 Å². The Balaban J connectivity index is 1.69. The van der Waals surface area contributed by atoms with Crippen molar-refractivity contribution in [1.82, 2.24) is 9.29 Å². The molecule has 0 saturated heterocycles. The monoisotopic (exact) mass is 326 g/mol. The molecule has 0 unspecified atom stereocenters. The molecule has 2 aromatic heterocycles. The molecule has 21 heavy (non-hydrogen) atoms. The van der Waals surface area contributed by atoms with E-state index in [4.69, 9.17) is 0 Å². The molecule has 0 bridgehead atoms. The van der Waals surface area contributed by atoms with Crippen LogP contribution in [0.15, 0.2) is 34.0 Å². The lowest BCUT2D eigenvalue weighted by Gasteiger charge is -2.04. The molecule has 1 fully saturated rings. The van der Waals surface area contributed by atoms with Gasteiger partial charge in [0, 0.05) is 24.5 Å². The molecule has 114 valence electrons. The molecule has 0 radical (unpaired) electrons. The Morgan fingerprint density at radius 1 is 1.43 bits per heavy atom. The highest BCUT2D eigenvalue weighted by molar-refractivity contribution is 7.89. The van der Waals surface area contributed by atoms with Crippen molar-refractivity contribution < 1.29 is 13.5 Å². The van der Waals surface area contributed by atoms with Crippen LogP contribution in [0.3, 0.4) is 0 Å². The van der Waals surface area contributed by atoms with Gasteiger partial charge in [-0.1, -0.05) is 0 Å². The van der Waals surface area contributed by atoms with E-state index in [0.29, 0.717) is 24.7 Å². The number of hydrogen-bond donors (Lipinski definition) is 2. The molecule has 1 aliphatic rings. The van der Waals surface area contributed by atoms with Gasteiger partial charge in [-0.05, 0) is 47.7 Å². The predicted octanol–water partition coefficient (Wildman–Crippen LogP) is 1.90. The van der Waals surface area contributed by atoms with Gasteiger partial charge in [0.15, 0.2) is 0 Å². The van der Waals surface area contributed by atoms with Gasteiger partial charge in [-0.15, -0.1) is 0 Å². The fraction of sp³-hybridized carbons (Fsp3) is 0.429. The molecule has 1 aliphatic carbocycles. The van der Waals surface area contributed by atoms with Crippen LogP contribution in [0.5, 0.6) is 0 Å². The third kappa shape index (κ3) is 3.37. The molecule has 7 heteroatoms. The highest BCUT2D eigenvalue weighted by atomic mass is 32.2. The molecular formula is C14H18N2O3S2. The first-order chi connectivity index (χ1) is 10.1. The molecule has 2 N–H and O–H groups in total. The number of rotatable bonds is 7. The maximum absolute atomic E-state index is 12.3. The summed E-state index contributed by atoms with van der Waals surface area (Å²) in [6, 6.07) is 3.90. The van der Waals surface area contributed by atoms with E-state index in [1.165, 1.54) is 0 Å². The molecule has 1 saturated carbocycles. The highest BCUT2D eigenvalue weighted by Crippen LogP contribution is 2.37. The van der Waals surface area contributed by atoms with E-state index < -0.39 is 10.0 Å². The molecule has 0 atom stereocenters. The van der Waals surface area contributed by atoms with E-state index in [9.17, 15) is 13.5 Å². The van der Waals surface area contributed by atoms with Crippen molar-refractivity contribution in [2.24, 2.45) is 0 Å². The van der Waals surface area contributed by atoms with Crippen LogP contribution in [0.25, 0.3) is 0 Å². The zero-order valence-corrected chi connectivity index (χ0v) is 13.2. The zero-order chi connectivity index (χ0) is 14.9. The molecule has 0 amide bonds. The Morgan fingerprint density at radius 2 is 2.24 bits per heavy atom. The summed E-state index contributed by atoms with van der Waals surface area (Å²) in [6.45, 7) is 0.239. The number of hydrogen-bond acceptors (Lipinski definition) is 4. The topological polar surface area (TPSA) is 71.3 Å². The van der Waals surface area contributed by atoms with Crippen LogP contribution in [0.4, 0.5) is 0 Å². The van der Waals surface area contributed by atoms with E-state index in [2.05, 4.69) is 4.72 Å². The average Bonchev–Trinajstić information content (AvgIpc) is 3.00. The Labute approximate surface area is 128 Å². The lowest BCUT2D eigenvalue weighted by atomic mass is 10.2. The standard InChI is InChI=1S/C14H18N2O3S2/c17-9-13-7-14(8-16(13)12-1-2-12)21(18,19)15-5-3-11-4-6-20-10-11/h4,6-8,10,12,15,17H,1-3,5,9H2. The van der Waals surface area contributed by atoms with Gasteiger partial charge in [-0.25, -0.2) is 13.1 Å². The molecule has 0 aliphatic heterocycles. The number of aliphatic hydroxyl groups excluding tert-OH is 1. The number of thiophene rings is 1. The van der Waals surface area contributed by atoms with Gasteiger partial charge in [0.2, 0.25) is 10.0 Å². The number of nitrogens with zero attached hydrogens (tertiary/aromatic N) is 1. The van der Waals surface area contributed by atoms with E-state index in [1.54, 1.807) is 23.6 Å².